The molecule has 110 valence electrons. The molecule has 0 spiro atoms. The first-order chi connectivity index (χ1) is 9.09. The largest absolute Gasteiger partial charge is 0.311 e. The van der Waals surface area contributed by atoms with E-state index in [4.69, 9.17) is 0 Å². The Morgan fingerprint density at radius 3 is 2.05 bits per heavy atom. The lowest BCUT2D eigenvalue weighted by atomic mass is 9.81. The van der Waals surface area contributed by atoms with Gasteiger partial charge in [0.1, 0.15) is 0 Å². The lowest BCUT2D eigenvalue weighted by Crippen LogP contribution is -2.55. The summed E-state index contributed by atoms with van der Waals surface area (Å²) < 4.78 is 0. The van der Waals surface area contributed by atoms with Crippen LogP contribution in [0.25, 0.3) is 0 Å². The van der Waals surface area contributed by atoms with Crippen LogP contribution in [0.4, 0.5) is 0 Å². The number of aryl methyl sites for hydroxylation is 1. The highest BCUT2D eigenvalue weighted by molar-refractivity contribution is 7.12. The van der Waals surface area contributed by atoms with Gasteiger partial charge in [0, 0.05) is 15.3 Å². The van der Waals surface area contributed by atoms with Crippen LogP contribution in [0.15, 0.2) is 12.1 Å². The Kier molecular flexibility index (Phi) is 6.51. The maximum Gasteiger partial charge on any atom is 0.0599 e. The van der Waals surface area contributed by atoms with E-state index in [1.807, 2.05) is 11.3 Å². The van der Waals surface area contributed by atoms with Gasteiger partial charge < -0.3 is 5.32 Å². The number of hydrogen-bond acceptors (Lipinski definition) is 3. The molecule has 0 radical (unpaired) electrons. The molecular weight excluding hydrogens is 252 g/mol. The second kappa shape index (κ2) is 7.41. The summed E-state index contributed by atoms with van der Waals surface area (Å²) in [6.07, 6.45) is 2.35. The van der Waals surface area contributed by atoms with Gasteiger partial charge in [-0.05, 0) is 52.0 Å². The molecule has 1 aromatic rings. The van der Waals surface area contributed by atoms with Gasteiger partial charge in [0.25, 0.3) is 0 Å². The third-order valence-corrected chi connectivity index (χ3v) is 5.55. The first-order valence-electron chi connectivity index (χ1n) is 7.58. The SMILES string of the molecule is CCN(CC)C(CC)(CC)C(NC)c1ccc(C)s1. The predicted molar refractivity (Wildman–Crippen MR) is 87.1 cm³/mol. The fraction of sp³-hybridized carbons (Fsp3) is 0.750. The Bertz CT molecular complexity index is 365. The van der Waals surface area contributed by atoms with E-state index in [1.54, 1.807) is 0 Å². The monoisotopic (exact) mass is 282 g/mol. The first kappa shape index (κ1) is 16.7. The van der Waals surface area contributed by atoms with Crippen LogP contribution in [0.3, 0.4) is 0 Å². The van der Waals surface area contributed by atoms with Crippen LogP contribution in [-0.4, -0.2) is 30.6 Å². The molecule has 1 N–H and O–H groups in total. The van der Waals surface area contributed by atoms with Crippen molar-refractivity contribution in [1.29, 1.82) is 0 Å². The van der Waals surface area contributed by atoms with Gasteiger partial charge in [0.2, 0.25) is 0 Å². The topological polar surface area (TPSA) is 15.3 Å². The Hall–Kier alpha value is -0.380. The number of nitrogens with zero attached hydrogens (tertiary/aromatic N) is 1. The van der Waals surface area contributed by atoms with Crippen LogP contribution in [0.5, 0.6) is 0 Å². The van der Waals surface area contributed by atoms with Gasteiger partial charge in [-0.2, -0.15) is 0 Å². The van der Waals surface area contributed by atoms with Crippen molar-refractivity contribution in [3.05, 3.63) is 21.9 Å². The minimum atomic E-state index is 0.218. The highest BCUT2D eigenvalue weighted by Gasteiger charge is 2.40. The van der Waals surface area contributed by atoms with Gasteiger partial charge in [-0.15, -0.1) is 11.3 Å². The average Bonchev–Trinajstić information content (AvgIpc) is 2.85. The van der Waals surface area contributed by atoms with Crippen molar-refractivity contribution in [1.82, 2.24) is 10.2 Å². The quantitative estimate of drug-likeness (QED) is 0.768. The van der Waals surface area contributed by atoms with Gasteiger partial charge in [0.05, 0.1) is 6.04 Å². The summed E-state index contributed by atoms with van der Waals surface area (Å²) in [5, 5.41) is 3.59. The number of rotatable bonds is 8. The molecule has 19 heavy (non-hydrogen) atoms. The first-order valence-corrected chi connectivity index (χ1v) is 8.39. The van der Waals surface area contributed by atoms with Crippen molar-refractivity contribution in [2.75, 3.05) is 20.1 Å². The van der Waals surface area contributed by atoms with Crippen LogP contribution in [0.2, 0.25) is 0 Å². The molecule has 0 amide bonds. The lowest BCUT2D eigenvalue weighted by Gasteiger charge is -2.47. The van der Waals surface area contributed by atoms with Gasteiger partial charge in [-0.25, -0.2) is 0 Å². The zero-order chi connectivity index (χ0) is 14.5. The Labute approximate surface area is 123 Å². The normalized spacial score (nSPS) is 14.1. The molecule has 0 saturated heterocycles. The molecular formula is C16H30N2S. The van der Waals surface area contributed by atoms with Gasteiger partial charge in [0.15, 0.2) is 0 Å². The number of thiophene rings is 1. The summed E-state index contributed by atoms with van der Waals surface area (Å²) in [5.74, 6) is 0. The van der Waals surface area contributed by atoms with E-state index in [9.17, 15) is 0 Å². The molecule has 0 aliphatic rings. The van der Waals surface area contributed by atoms with Gasteiger partial charge >= 0.3 is 0 Å². The Morgan fingerprint density at radius 2 is 1.74 bits per heavy atom. The minimum absolute atomic E-state index is 0.218. The molecule has 1 unspecified atom stereocenters. The highest BCUT2D eigenvalue weighted by atomic mass is 32.1. The summed E-state index contributed by atoms with van der Waals surface area (Å²) >= 11 is 1.93. The third-order valence-electron chi connectivity index (χ3n) is 4.49. The van der Waals surface area contributed by atoms with Crippen LogP contribution in [0, 0.1) is 6.92 Å². The summed E-state index contributed by atoms with van der Waals surface area (Å²) in [6.45, 7) is 13.6. The third kappa shape index (κ3) is 3.21. The zero-order valence-electron chi connectivity index (χ0n) is 13.4. The Morgan fingerprint density at radius 1 is 1.16 bits per heavy atom. The second-order valence-corrected chi connectivity index (χ2v) is 6.47. The van der Waals surface area contributed by atoms with Crippen molar-refractivity contribution in [2.24, 2.45) is 0 Å². The molecule has 0 bridgehead atoms. The number of hydrogen-bond donors (Lipinski definition) is 1. The lowest BCUT2D eigenvalue weighted by molar-refractivity contribution is 0.0527. The molecule has 1 rings (SSSR count). The fourth-order valence-electron chi connectivity index (χ4n) is 3.43. The molecule has 0 aliphatic carbocycles. The summed E-state index contributed by atoms with van der Waals surface area (Å²) in [5.41, 5.74) is 0.218. The van der Waals surface area contributed by atoms with Crippen molar-refractivity contribution in [3.8, 4) is 0 Å². The Balaban J connectivity index is 3.20. The number of likely N-dealkylation sites (N-methyl/N-ethyl adjacent to an activating group) is 2. The van der Waals surface area contributed by atoms with E-state index in [0.29, 0.717) is 6.04 Å². The van der Waals surface area contributed by atoms with E-state index in [1.165, 1.54) is 22.6 Å². The molecule has 1 aromatic heterocycles. The van der Waals surface area contributed by atoms with E-state index in [2.05, 4.69) is 64.0 Å². The predicted octanol–water partition coefficient (Wildman–Crippen LogP) is 4.22. The molecule has 0 saturated carbocycles. The van der Waals surface area contributed by atoms with Gasteiger partial charge in [-0.1, -0.05) is 27.7 Å². The molecule has 1 heterocycles. The molecule has 0 aromatic carbocycles. The molecule has 3 heteroatoms. The summed E-state index contributed by atoms with van der Waals surface area (Å²) in [6, 6.07) is 4.95. The molecule has 0 fully saturated rings. The van der Waals surface area contributed by atoms with E-state index < -0.39 is 0 Å². The molecule has 2 nitrogen and oxygen atoms in total. The van der Waals surface area contributed by atoms with Crippen molar-refractivity contribution >= 4 is 11.3 Å². The fourth-order valence-corrected chi connectivity index (χ4v) is 4.52. The number of nitrogens with one attached hydrogen (secondary N) is 1. The van der Waals surface area contributed by atoms with Crippen LogP contribution in [-0.2, 0) is 0 Å². The maximum atomic E-state index is 3.59. The smallest absolute Gasteiger partial charge is 0.0599 e. The summed E-state index contributed by atoms with van der Waals surface area (Å²) in [4.78, 5) is 5.50. The van der Waals surface area contributed by atoms with Gasteiger partial charge in [-0.3, -0.25) is 4.90 Å². The molecule has 1 atom stereocenters. The van der Waals surface area contributed by atoms with Crippen molar-refractivity contribution < 1.29 is 0 Å². The average molecular weight is 282 g/mol. The summed E-state index contributed by atoms with van der Waals surface area (Å²) in [7, 11) is 2.10. The van der Waals surface area contributed by atoms with E-state index in [-0.39, 0.29) is 5.54 Å². The standard InChI is InChI=1S/C16H30N2S/c1-7-16(8-2,18(9-3)10-4)15(17-6)14-12-11-13(5)19-14/h11-12,15,17H,7-10H2,1-6H3. The van der Waals surface area contributed by atoms with E-state index >= 15 is 0 Å². The van der Waals surface area contributed by atoms with Crippen LogP contribution >= 0.6 is 11.3 Å². The van der Waals surface area contributed by atoms with Crippen molar-refractivity contribution in [3.63, 3.8) is 0 Å². The van der Waals surface area contributed by atoms with Crippen LogP contribution < -0.4 is 5.32 Å². The minimum Gasteiger partial charge on any atom is -0.311 e. The molecule has 0 aliphatic heterocycles. The highest BCUT2D eigenvalue weighted by Crippen LogP contribution is 2.39. The maximum absolute atomic E-state index is 3.59. The van der Waals surface area contributed by atoms with E-state index in [0.717, 1.165) is 13.1 Å². The van der Waals surface area contributed by atoms with Crippen LogP contribution in [0.1, 0.15) is 56.3 Å². The zero-order valence-corrected chi connectivity index (χ0v) is 14.2. The second-order valence-electron chi connectivity index (χ2n) is 5.15. The van der Waals surface area contributed by atoms with Crippen molar-refractivity contribution in [2.45, 2.75) is 59.0 Å².